The predicted octanol–water partition coefficient (Wildman–Crippen LogP) is 5.38. The second-order valence-corrected chi connectivity index (χ2v) is 12.4. The van der Waals surface area contributed by atoms with E-state index in [0.29, 0.717) is 21.2 Å². The summed E-state index contributed by atoms with van der Waals surface area (Å²) in [7, 11) is 0. The third-order valence-electron chi connectivity index (χ3n) is 7.37. The minimum Gasteiger partial charge on any atom is -0.508 e. The molecule has 6 rings (SSSR count). The van der Waals surface area contributed by atoms with Crippen molar-refractivity contribution in [1.29, 1.82) is 0 Å². The molecule has 2 aliphatic rings. The van der Waals surface area contributed by atoms with Crippen LogP contribution in [0.4, 0.5) is 24.5 Å². The Morgan fingerprint density at radius 3 is 2.35 bits per heavy atom. The molecular formula is C30H22F3N3O5S2. The molecular weight excluding hydrogens is 603 g/mol. The standard InChI is InChI=1S/C30H22F3N3O5S2/c1-15-5-9-19(10-6-15)36-26(39)23-22(16-7-11-20(37)12-8-16)25-28(42-24(23)27(36)40)35(29(41)43-25)14-21(38)34-18-4-2-3-17(13-18)30(31,32)33/h2-13,22-24,37H,14H2,1H3,(H,34,38). The van der Waals surface area contributed by atoms with Crippen molar-refractivity contribution in [2.24, 2.45) is 5.92 Å². The molecule has 1 aromatic heterocycles. The van der Waals surface area contributed by atoms with Crippen molar-refractivity contribution in [1.82, 2.24) is 4.57 Å². The second-order valence-electron chi connectivity index (χ2n) is 10.2. The van der Waals surface area contributed by atoms with Gasteiger partial charge in [0, 0.05) is 16.5 Å². The summed E-state index contributed by atoms with van der Waals surface area (Å²) in [6.45, 7) is 1.37. The Labute approximate surface area is 250 Å². The van der Waals surface area contributed by atoms with Gasteiger partial charge in [-0.05, 0) is 55.0 Å². The van der Waals surface area contributed by atoms with Crippen LogP contribution in [0.15, 0.2) is 82.6 Å². The molecule has 3 atom stereocenters. The number of nitrogens with one attached hydrogen (secondary N) is 1. The summed E-state index contributed by atoms with van der Waals surface area (Å²) in [5.74, 6) is -3.21. The summed E-state index contributed by atoms with van der Waals surface area (Å²) >= 11 is 1.87. The lowest BCUT2D eigenvalue weighted by Crippen LogP contribution is -2.33. The molecule has 3 heterocycles. The molecule has 220 valence electrons. The topological polar surface area (TPSA) is 109 Å². The summed E-state index contributed by atoms with van der Waals surface area (Å²) in [5.41, 5.74) is 0.948. The third-order valence-corrected chi connectivity index (χ3v) is 9.97. The molecule has 1 saturated heterocycles. The van der Waals surface area contributed by atoms with Gasteiger partial charge in [0.1, 0.15) is 17.5 Å². The van der Waals surface area contributed by atoms with Gasteiger partial charge in [-0.25, -0.2) is 4.90 Å². The highest BCUT2D eigenvalue weighted by molar-refractivity contribution is 8.00. The molecule has 2 N–H and O–H groups in total. The number of hydrogen-bond acceptors (Lipinski definition) is 7. The van der Waals surface area contributed by atoms with E-state index >= 15 is 0 Å². The van der Waals surface area contributed by atoms with Crippen molar-refractivity contribution in [2.45, 2.75) is 35.8 Å². The van der Waals surface area contributed by atoms with E-state index in [1.807, 2.05) is 6.92 Å². The molecule has 0 saturated carbocycles. The summed E-state index contributed by atoms with van der Waals surface area (Å²) in [6.07, 6.45) is -4.60. The molecule has 1 fully saturated rings. The fourth-order valence-corrected chi connectivity index (χ4v) is 8.14. The number of anilines is 2. The van der Waals surface area contributed by atoms with Gasteiger partial charge in [-0.3, -0.25) is 23.7 Å². The Kier molecular flexibility index (Phi) is 7.17. The number of imide groups is 1. The molecule has 43 heavy (non-hydrogen) atoms. The maximum atomic E-state index is 13.9. The second kappa shape index (κ2) is 10.7. The van der Waals surface area contributed by atoms with Gasteiger partial charge in [0.25, 0.3) is 0 Å². The number of rotatable bonds is 5. The van der Waals surface area contributed by atoms with Crippen LogP contribution in [0.3, 0.4) is 0 Å². The number of phenolic OH excluding ortho intramolecular Hbond substituents is 1. The van der Waals surface area contributed by atoms with E-state index in [1.54, 1.807) is 36.4 Å². The number of aromatic hydroxyl groups is 1. The van der Waals surface area contributed by atoms with Crippen LogP contribution in [-0.2, 0) is 27.1 Å². The zero-order valence-corrected chi connectivity index (χ0v) is 23.9. The fourth-order valence-electron chi connectivity index (χ4n) is 5.36. The highest BCUT2D eigenvalue weighted by Gasteiger charge is 2.56. The number of thiazole rings is 1. The molecule has 8 nitrogen and oxygen atoms in total. The average molecular weight is 626 g/mol. The van der Waals surface area contributed by atoms with Crippen LogP contribution < -0.4 is 15.1 Å². The van der Waals surface area contributed by atoms with E-state index in [0.717, 1.165) is 51.8 Å². The summed E-state index contributed by atoms with van der Waals surface area (Å²) in [6, 6.07) is 17.3. The molecule has 3 aromatic carbocycles. The van der Waals surface area contributed by atoms with Gasteiger partial charge in [-0.2, -0.15) is 13.2 Å². The fraction of sp³-hybridized carbons (Fsp3) is 0.200. The molecule has 0 aliphatic carbocycles. The number of alkyl halides is 3. The number of halogens is 3. The zero-order chi connectivity index (χ0) is 30.6. The molecule has 4 aromatic rings. The number of thioether (sulfide) groups is 1. The van der Waals surface area contributed by atoms with Crippen molar-refractivity contribution >= 4 is 52.2 Å². The Hall–Kier alpha value is -4.36. The summed E-state index contributed by atoms with van der Waals surface area (Å²) in [5, 5.41) is 11.7. The lowest BCUT2D eigenvalue weighted by molar-refractivity contribution is -0.137. The monoisotopic (exact) mass is 625 g/mol. The van der Waals surface area contributed by atoms with Crippen molar-refractivity contribution in [3.8, 4) is 5.75 Å². The van der Waals surface area contributed by atoms with E-state index in [4.69, 9.17) is 0 Å². The Bertz CT molecular complexity index is 1820. The van der Waals surface area contributed by atoms with Gasteiger partial charge in [-0.15, -0.1) is 0 Å². The summed E-state index contributed by atoms with van der Waals surface area (Å²) < 4.78 is 40.6. The minimum atomic E-state index is -4.60. The SMILES string of the molecule is Cc1ccc(N2C(=O)C3Sc4c(sc(=O)n4CC(=O)Nc4cccc(C(F)(F)F)c4)C(c4ccc(O)cc4)C3C2=O)cc1. The number of amides is 3. The first-order valence-electron chi connectivity index (χ1n) is 13.0. The molecule has 13 heteroatoms. The van der Waals surface area contributed by atoms with Crippen LogP contribution in [-0.4, -0.2) is 32.6 Å². The number of carbonyl (C=O) groups is 3. The van der Waals surface area contributed by atoms with Crippen molar-refractivity contribution in [2.75, 3.05) is 10.2 Å². The third kappa shape index (κ3) is 5.23. The molecule has 0 spiro atoms. The highest BCUT2D eigenvalue weighted by atomic mass is 32.2. The van der Waals surface area contributed by atoms with Crippen LogP contribution in [0.25, 0.3) is 0 Å². The first kappa shape index (κ1) is 28.7. The van der Waals surface area contributed by atoms with Crippen LogP contribution in [0.1, 0.15) is 27.5 Å². The molecule has 2 aliphatic heterocycles. The number of aryl methyl sites for hydroxylation is 1. The normalized spacial score (nSPS) is 19.7. The Morgan fingerprint density at radius 1 is 0.977 bits per heavy atom. The van der Waals surface area contributed by atoms with Crippen molar-refractivity contribution in [3.63, 3.8) is 0 Å². The number of fused-ring (bicyclic) bond motifs is 2. The Balaban J connectivity index is 1.37. The highest BCUT2D eigenvalue weighted by Crippen LogP contribution is 2.54. The van der Waals surface area contributed by atoms with Crippen molar-refractivity contribution < 1.29 is 32.7 Å². The van der Waals surface area contributed by atoms with E-state index in [2.05, 4.69) is 5.32 Å². The number of aromatic nitrogens is 1. The van der Waals surface area contributed by atoms with Gasteiger partial charge in [0.05, 0.1) is 22.2 Å². The van der Waals surface area contributed by atoms with Gasteiger partial charge in [0.2, 0.25) is 17.7 Å². The maximum absolute atomic E-state index is 13.9. The molecule has 3 unspecified atom stereocenters. The first-order chi connectivity index (χ1) is 20.4. The Morgan fingerprint density at radius 2 is 1.67 bits per heavy atom. The molecule has 0 bridgehead atoms. The van der Waals surface area contributed by atoms with Gasteiger partial charge >= 0.3 is 11.0 Å². The first-order valence-corrected chi connectivity index (χ1v) is 14.7. The van der Waals surface area contributed by atoms with E-state index in [9.17, 15) is 37.5 Å². The molecule has 3 amide bonds. The van der Waals surface area contributed by atoms with Gasteiger partial charge in [-0.1, -0.05) is 59.0 Å². The maximum Gasteiger partial charge on any atom is 0.416 e. The predicted molar refractivity (Wildman–Crippen MR) is 155 cm³/mol. The average Bonchev–Trinajstić information content (AvgIpc) is 3.40. The number of benzene rings is 3. The quantitative estimate of drug-likeness (QED) is 0.289. The summed E-state index contributed by atoms with van der Waals surface area (Å²) in [4.78, 5) is 55.0. The van der Waals surface area contributed by atoms with Crippen molar-refractivity contribution in [3.05, 3.63) is 104 Å². The van der Waals surface area contributed by atoms with E-state index in [-0.39, 0.29) is 11.4 Å². The number of nitrogens with zero attached hydrogens (tertiary/aromatic N) is 2. The van der Waals surface area contributed by atoms with Crippen LogP contribution in [0, 0.1) is 12.8 Å². The van der Waals surface area contributed by atoms with Crippen LogP contribution >= 0.6 is 23.1 Å². The zero-order valence-electron chi connectivity index (χ0n) is 22.3. The van der Waals surface area contributed by atoms with Gasteiger partial charge in [0.15, 0.2) is 0 Å². The van der Waals surface area contributed by atoms with Crippen LogP contribution in [0.2, 0.25) is 0 Å². The number of phenols is 1. The largest absolute Gasteiger partial charge is 0.508 e. The smallest absolute Gasteiger partial charge is 0.416 e. The van der Waals surface area contributed by atoms with Gasteiger partial charge < -0.3 is 10.4 Å². The van der Waals surface area contributed by atoms with E-state index < -0.39 is 58.0 Å². The number of carbonyl (C=O) groups excluding carboxylic acids is 3. The van der Waals surface area contributed by atoms with Crippen LogP contribution in [0.5, 0.6) is 5.75 Å². The molecule has 0 radical (unpaired) electrons. The van der Waals surface area contributed by atoms with E-state index in [1.165, 1.54) is 22.8 Å². The lowest BCUT2D eigenvalue weighted by Gasteiger charge is -2.30. The minimum absolute atomic E-state index is 0.00200. The lowest BCUT2D eigenvalue weighted by atomic mass is 9.83. The number of hydrogen-bond donors (Lipinski definition) is 2.